The number of rotatable bonds is 1. The molecule has 1 aliphatic heterocycles. The number of likely N-dealkylation sites (tertiary alicyclic amines) is 1. The van der Waals surface area contributed by atoms with Gasteiger partial charge in [-0.05, 0) is 56.8 Å². The van der Waals surface area contributed by atoms with Crippen LogP contribution >= 0.6 is 0 Å². The third kappa shape index (κ3) is 1.59. The lowest BCUT2D eigenvalue weighted by Crippen LogP contribution is -2.23. The van der Waals surface area contributed by atoms with Crippen molar-refractivity contribution in [3.05, 3.63) is 34.9 Å². The van der Waals surface area contributed by atoms with E-state index in [2.05, 4.69) is 30.0 Å². The van der Waals surface area contributed by atoms with Crippen molar-refractivity contribution in [1.29, 1.82) is 0 Å². The minimum absolute atomic E-state index is 0.738. The zero-order chi connectivity index (χ0) is 10.3. The highest BCUT2D eigenvalue weighted by atomic mass is 15.2. The quantitative estimate of drug-likeness (QED) is 0.675. The highest BCUT2D eigenvalue weighted by molar-refractivity contribution is 5.37. The lowest BCUT2D eigenvalue weighted by molar-refractivity contribution is 0.245. The molecule has 1 atom stereocenters. The molecule has 1 saturated heterocycles. The zero-order valence-electron chi connectivity index (χ0n) is 9.50. The summed E-state index contributed by atoms with van der Waals surface area (Å²) in [7, 11) is 0. The van der Waals surface area contributed by atoms with Gasteiger partial charge in [0.05, 0.1) is 0 Å². The molecular weight excluding hydrogens is 182 g/mol. The van der Waals surface area contributed by atoms with E-state index in [1.165, 1.54) is 44.3 Å². The van der Waals surface area contributed by atoms with Gasteiger partial charge in [-0.25, -0.2) is 0 Å². The molecule has 0 saturated carbocycles. The van der Waals surface area contributed by atoms with E-state index in [4.69, 9.17) is 0 Å². The van der Waals surface area contributed by atoms with Crippen molar-refractivity contribution in [3.8, 4) is 0 Å². The maximum absolute atomic E-state index is 2.69. The van der Waals surface area contributed by atoms with Crippen LogP contribution < -0.4 is 0 Å². The third-order valence-corrected chi connectivity index (χ3v) is 3.93. The Morgan fingerprint density at radius 1 is 1.20 bits per heavy atom. The SMILES string of the molecule is Cc1ccc2c(c1)C(N1CCCC1)CC2. The zero-order valence-corrected chi connectivity index (χ0v) is 9.50. The molecule has 0 N–H and O–H groups in total. The predicted molar refractivity (Wildman–Crippen MR) is 63.0 cm³/mol. The first-order valence-corrected chi connectivity index (χ1v) is 6.18. The van der Waals surface area contributed by atoms with Gasteiger partial charge in [-0.15, -0.1) is 0 Å². The molecule has 80 valence electrons. The van der Waals surface area contributed by atoms with Gasteiger partial charge in [0.2, 0.25) is 0 Å². The van der Waals surface area contributed by atoms with Crippen LogP contribution in [0, 0.1) is 6.92 Å². The normalized spacial score (nSPS) is 25.8. The van der Waals surface area contributed by atoms with Crippen molar-refractivity contribution in [2.45, 2.75) is 38.6 Å². The fourth-order valence-corrected chi connectivity index (χ4v) is 3.13. The summed E-state index contributed by atoms with van der Waals surface area (Å²) in [5.41, 5.74) is 4.63. The molecule has 1 heterocycles. The topological polar surface area (TPSA) is 3.24 Å². The molecule has 1 fully saturated rings. The van der Waals surface area contributed by atoms with E-state index in [1.807, 2.05) is 0 Å². The van der Waals surface area contributed by atoms with Crippen LogP contribution in [0.5, 0.6) is 0 Å². The second-order valence-corrected chi connectivity index (χ2v) is 5.00. The Hall–Kier alpha value is -0.820. The minimum Gasteiger partial charge on any atom is -0.296 e. The summed E-state index contributed by atoms with van der Waals surface area (Å²) in [5.74, 6) is 0. The van der Waals surface area contributed by atoms with E-state index in [0.29, 0.717) is 0 Å². The summed E-state index contributed by atoms with van der Waals surface area (Å²) in [5, 5.41) is 0. The average Bonchev–Trinajstić information content (AvgIpc) is 2.83. The van der Waals surface area contributed by atoms with E-state index in [0.717, 1.165) is 6.04 Å². The summed E-state index contributed by atoms with van der Waals surface area (Å²) >= 11 is 0. The number of benzene rings is 1. The monoisotopic (exact) mass is 201 g/mol. The molecule has 0 radical (unpaired) electrons. The third-order valence-electron chi connectivity index (χ3n) is 3.93. The Balaban J connectivity index is 1.92. The molecule has 2 aliphatic rings. The van der Waals surface area contributed by atoms with Crippen LogP contribution in [-0.4, -0.2) is 18.0 Å². The molecule has 0 aromatic heterocycles. The molecule has 1 aromatic carbocycles. The van der Waals surface area contributed by atoms with E-state index >= 15 is 0 Å². The first-order valence-electron chi connectivity index (χ1n) is 6.18. The molecule has 3 rings (SSSR count). The maximum Gasteiger partial charge on any atom is 0.0354 e. The van der Waals surface area contributed by atoms with Gasteiger partial charge in [0, 0.05) is 6.04 Å². The largest absolute Gasteiger partial charge is 0.296 e. The second-order valence-electron chi connectivity index (χ2n) is 5.00. The fraction of sp³-hybridized carbons (Fsp3) is 0.571. The van der Waals surface area contributed by atoms with E-state index < -0.39 is 0 Å². The van der Waals surface area contributed by atoms with Gasteiger partial charge in [-0.2, -0.15) is 0 Å². The van der Waals surface area contributed by atoms with Crippen molar-refractivity contribution < 1.29 is 0 Å². The molecule has 15 heavy (non-hydrogen) atoms. The number of hydrogen-bond donors (Lipinski definition) is 0. The van der Waals surface area contributed by atoms with Gasteiger partial charge in [0.15, 0.2) is 0 Å². The molecule has 0 amide bonds. The fourth-order valence-electron chi connectivity index (χ4n) is 3.13. The standard InChI is InChI=1S/C14H19N/c1-11-4-5-12-6-7-14(13(12)10-11)15-8-2-3-9-15/h4-5,10,14H,2-3,6-9H2,1H3. The smallest absolute Gasteiger partial charge is 0.0354 e. The van der Waals surface area contributed by atoms with Gasteiger partial charge in [0.1, 0.15) is 0 Å². The number of aryl methyl sites for hydroxylation is 2. The summed E-state index contributed by atoms with van der Waals surface area (Å²) in [6.45, 7) is 4.84. The van der Waals surface area contributed by atoms with Crippen LogP contribution in [0.15, 0.2) is 18.2 Å². The molecule has 1 nitrogen and oxygen atoms in total. The van der Waals surface area contributed by atoms with Crippen molar-refractivity contribution in [3.63, 3.8) is 0 Å². The van der Waals surface area contributed by atoms with E-state index in [-0.39, 0.29) is 0 Å². The van der Waals surface area contributed by atoms with Gasteiger partial charge in [-0.3, -0.25) is 4.90 Å². The summed E-state index contributed by atoms with van der Waals surface area (Å²) in [6.07, 6.45) is 5.44. The van der Waals surface area contributed by atoms with Gasteiger partial charge < -0.3 is 0 Å². The van der Waals surface area contributed by atoms with Crippen molar-refractivity contribution in [2.24, 2.45) is 0 Å². The minimum atomic E-state index is 0.738. The van der Waals surface area contributed by atoms with E-state index in [1.54, 1.807) is 11.1 Å². The van der Waals surface area contributed by atoms with Crippen LogP contribution in [0.3, 0.4) is 0 Å². The highest BCUT2D eigenvalue weighted by Gasteiger charge is 2.29. The lowest BCUT2D eigenvalue weighted by atomic mass is 10.0. The van der Waals surface area contributed by atoms with Crippen LogP contribution in [0.1, 0.15) is 42.0 Å². The Labute approximate surface area is 92.1 Å². The number of hydrogen-bond acceptors (Lipinski definition) is 1. The summed E-state index contributed by atoms with van der Waals surface area (Å²) in [4.78, 5) is 2.69. The first-order chi connectivity index (χ1) is 7.34. The predicted octanol–water partition coefficient (Wildman–Crippen LogP) is 3.08. The number of nitrogens with zero attached hydrogens (tertiary/aromatic N) is 1. The van der Waals surface area contributed by atoms with Crippen LogP contribution in [0.4, 0.5) is 0 Å². The van der Waals surface area contributed by atoms with Crippen molar-refractivity contribution in [2.75, 3.05) is 13.1 Å². The Bertz CT molecular complexity index is 364. The summed E-state index contributed by atoms with van der Waals surface area (Å²) < 4.78 is 0. The van der Waals surface area contributed by atoms with Gasteiger partial charge >= 0.3 is 0 Å². The lowest BCUT2D eigenvalue weighted by Gasteiger charge is -2.24. The second kappa shape index (κ2) is 3.64. The van der Waals surface area contributed by atoms with E-state index in [9.17, 15) is 0 Å². The molecule has 0 bridgehead atoms. The van der Waals surface area contributed by atoms with Crippen molar-refractivity contribution in [1.82, 2.24) is 4.90 Å². The van der Waals surface area contributed by atoms with Crippen LogP contribution in [-0.2, 0) is 6.42 Å². The Morgan fingerprint density at radius 3 is 2.80 bits per heavy atom. The summed E-state index contributed by atoms with van der Waals surface area (Å²) in [6, 6.07) is 7.74. The molecule has 0 spiro atoms. The van der Waals surface area contributed by atoms with Crippen LogP contribution in [0.2, 0.25) is 0 Å². The van der Waals surface area contributed by atoms with Crippen LogP contribution in [0.25, 0.3) is 0 Å². The molecule has 1 aliphatic carbocycles. The molecule has 1 unspecified atom stereocenters. The van der Waals surface area contributed by atoms with Gasteiger partial charge in [-0.1, -0.05) is 23.8 Å². The molecule has 1 aromatic rings. The molecule has 1 heteroatoms. The maximum atomic E-state index is 2.69. The average molecular weight is 201 g/mol. The van der Waals surface area contributed by atoms with Crippen molar-refractivity contribution >= 4 is 0 Å². The first kappa shape index (κ1) is 9.41. The van der Waals surface area contributed by atoms with Gasteiger partial charge in [0.25, 0.3) is 0 Å². The Kier molecular flexibility index (Phi) is 2.28. The number of fused-ring (bicyclic) bond motifs is 1. The Morgan fingerprint density at radius 2 is 2.00 bits per heavy atom. The highest BCUT2D eigenvalue weighted by Crippen LogP contribution is 2.37. The molecular formula is C14H19N.